The maximum atomic E-state index is 12.1. The Labute approximate surface area is 183 Å². The van der Waals surface area contributed by atoms with Crippen molar-refractivity contribution in [1.29, 1.82) is 0 Å². The van der Waals surface area contributed by atoms with E-state index in [1.165, 1.54) is 38.4 Å². The van der Waals surface area contributed by atoms with E-state index < -0.39 is 28.5 Å². The van der Waals surface area contributed by atoms with Crippen LogP contribution < -0.4 is 10.1 Å². The number of ether oxygens (including phenoxy) is 2. The van der Waals surface area contributed by atoms with E-state index in [0.717, 1.165) is 10.7 Å². The second-order valence-corrected chi connectivity index (χ2v) is 9.64. The van der Waals surface area contributed by atoms with E-state index in [4.69, 9.17) is 9.47 Å². The van der Waals surface area contributed by atoms with Crippen LogP contribution in [0.1, 0.15) is 30.6 Å². The predicted octanol–water partition coefficient (Wildman–Crippen LogP) is 3.16. The Morgan fingerprint density at radius 3 is 2.16 bits per heavy atom. The normalized spacial score (nSPS) is 11.4. The lowest BCUT2D eigenvalue weighted by Crippen LogP contribution is -2.22. The van der Waals surface area contributed by atoms with Crippen LogP contribution in [0.3, 0.4) is 0 Å². The van der Waals surface area contributed by atoms with Crippen molar-refractivity contribution in [3.05, 3.63) is 54.1 Å². The molecule has 0 heterocycles. The lowest BCUT2D eigenvalue weighted by molar-refractivity contribution is -0.119. The van der Waals surface area contributed by atoms with Crippen LogP contribution >= 0.6 is 0 Å². The number of carbonyl (C=O) groups excluding carboxylic acids is 2. The zero-order valence-electron chi connectivity index (χ0n) is 18.1. The van der Waals surface area contributed by atoms with Gasteiger partial charge in [-0.25, -0.2) is 17.5 Å². The summed E-state index contributed by atoms with van der Waals surface area (Å²) in [7, 11) is -0.670. The Bertz CT molecular complexity index is 984. The first-order chi connectivity index (χ1) is 14.6. The summed E-state index contributed by atoms with van der Waals surface area (Å²) in [6.07, 6.45) is 0.938. The number of rotatable bonds is 10. The summed E-state index contributed by atoms with van der Waals surface area (Å²) >= 11 is 0. The average molecular weight is 449 g/mol. The number of nitrogens with one attached hydrogen (secondary N) is 1. The molecule has 0 fully saturated rings. The van der Waals surface area contributed by atoms with E-state index in [2.05, 4.69) is 19.2 Å². The Kier molecular flexibility index (Phi) is 8.58. The summed E-state index contributed by atoms with van der Waals surface area (Å²) in [4.78, 5) is 24.3. The van der Waals surface area contributed by atoms with Crippen molar-refractivity contribution in [1.82, 2.24) is 4.31 Å². The van der Waals surface area contributed by atoms with Gasteiger partial charge >= 0.3 is 5.97 Å². The molecule has 9 heteroatoms. The Hall–Kier alpha value is -2.91. The summed E-state index contributed by atoms with van der Waals surface area (Å²) in [5, 5.41) is 2.55. The molecule has 2 rings (SSSR count). The molecule has 0 aliphatic rings. The van der Waals surface area contributed by atoms with Crippen LogP contribution in [0.4, 0.5) is 5.69 Å². The van der Waals surface area contributed by atoms with Gasteiger partial charge in [-0.15, -0.1) is 0 Å². The van der Waals surface area contributed by atoms with Crippen molar-refractivity contribution in [3.8, 4) is 5.75 Å². The van der Waals surface area contributed by atoms with Crippen LogP contribution in [0.15, 0.2) is 53.4 Å². The van der Waals surface area contributed by atoms with Gasteiger partial charge in [-0.1, -0.05) is 13.8 Å². The predicted molar refractivity (Wildman–Crippen MR) is 118 cm³/mol. The van der Waals surface area contributed by atoms with Gasteiger partial charge in [0.15, 0.2) is 6.61 Å². The molecule has 1 N–H and O–H groups in total. The van der Waals surface area contributed by atoms with Gasteiger partial charge in [0.05, 0.1) is 17.1 Å². The third-order valence-electron chi connectivity index (χ3n) is 4.30. The minimum Gasteiger partial charge on any atom is -0.494 e. The van der Waals surface area contributed by atoms with Crippen LogP contribution in [-0.2, 0) is 19.6 Å². The first-order valence-corrected chi connectivity index (χ1v) is 11.3. The summed E-state index contributed by atoms with van der Waals surface area (Å²) in [6, 6.07) is 12.2. The summed E-state index contributed by atoms with van der Waals surface area (Å²) in [5.74, 6) is 0.0422. The highest BCUT2D eigenvalue weighted by Crippen LogP contribution is 2.17. The van der Waals surface area contributed by atoms with Crippen molar-refractivity contribution < 1.29 is 27.5 Å². The molecule has 0 aliphatic carbocycles. The van der Waals surface area contributed by atoms with E-state index in [0.29, 0.717) is 29.5 Å². The molecular weight excluding hydrogens is 420 g/mol. The van der Waals surface area contributed by atoms with E-state index >= 15 is 0 Å². The molecule has 0 saturated heterocycles. The van der Waals surface area contributed by atoms with Crippen molar-refractivity contribution in [2.45, 2.75) is 25.2 Å². The molecule has 168 valence electrons. The smallest absolute Gasteiger partial charge is 0.338 e. The van der Waals surface area contributed by atoms with Gasteiger partial charge in [0.25, 0.3) is 5.91 Å². The highest BCUT2D eigenvalue weighted by Gasteiger charge is 2.17. The average Bonchev–Trinajstić information content (AvgIpc) is 2.72. The van der Waals surface area contributed by atoms with E-state index in [9.17, 15) is 18.0 Å². The number of hydrogen-bond acceptors (Lipinski definition) is 6. The molecule has 1 amide bonds. The first kappa shape index (κ1) is 24.4. The molecule has 0 aromatic heterocycles. The third-order valence-corrected chi connectivity index (χ3v) is 6.13. The largest absolute Gasteiger partial charge is 0.494 e. The maximum Gasteiger partial charge on any atom is 0.338 e. The quantitative estimate of drug-likeness (QED) is 0.560. The molecule has 2 aromatic rings. The number of sulfonamides is 1. The van der Waals surface area contributed by atoms with Gasteiger partial charge in [-0.3, -0.25) is 4.79 Å². The number of esters is 1. The lowest BCUT2D eigenvalue weighted by Gasteiger charge is -2.12. The molecule has 0 spiro atoms. The Balaban J connectivity index is 1.83. The molecule has 0 radical (unpaired) electrons. The molecule has 0 bridgehead atoms. The SMILES string of the molecule is CC(C)CCOc1ccc(C(=O)OCC(=O)Nc2ccc(S(=O)(=O)N(C)C)cc2)cc1. The fraction of sp³-hybridized carbons (Fsp3) is 0.364. The Morgan fingerprint density at radius 2 is 1.61 bits per heavy atom. The molecule has 0 unspecified atom stereocenters. The molecule has 0 aliphatic heterocycles. The van der Waals surface area contributed by atoms with Crippen LogP contribution in [0.2, 0.25) is 0 Å². The van der Waals surface area contributed by atoms with Crippen LogP contribution in [0, 0.1) is 5.92 Å². The second kappa shape index (κ2) is 10.9. The van der Waals surface area contributed by atoms with Gasteiger partial charge in [-0.05, 0) is 60.9 Å². The fourth-order valence-corrected chi connectivity index (χ4v) is 3.33. The number of carbonyl (C=O) groups is 2. The molecular formula is C22H28N2O6S. The Morgan fingerprint density at radius 1 is 1.00 bits per heavy atom. The minimum atomic E-state index is -3.54. The van der Waals surface area contributed by atoms with Crippen molar-refractivity contribution in [3.63, 3.8) is 0 Å². The number of anilines is 1. The molecule has 0 saturated carbocycles. The zero-order valence-corrected chi connectivity index (χ0v) is 18.9. The van der Waals surface area contributed by atoms with Crippen LogP contribution in [0.25, 0.3) is 0 Å². The summed E-state index contributed by atoms with van der Waals surface area (Å²) in [6.45, 7) is 4.36. The topological polar surface area (TPSA) is 102 Å². The summed E-state index contributed by atoms with van der Waals surface area (Å²) < 4.78 is 35.8. The van der Waals surface area contributed by atoms with Gasteiger partial charge in [0.2, 0.25) is 10.0 Å². The van der Waals surface area contributed by atoms with Crippen LogP contribution in [0.5, 0.6) is 5.75 Å². The van der Waals surface area contributed by atoms with Crippen LogP contribution in [-0.4, -0.2) is 51.9 Å². The van der Waals surface area contributed by atoms with Crippen molar-refractivity contribution in [2.24, 2.45) is 5.92 Å². The molecule has 31 heavy (non-hydrogen) atoms. The van der Waals surface area contributed by atoms with E-state index in [-0.39, 0.29) is 4.90 Å². The third kappa shape index (κ3) is 7.37. The highest BCUT2D eigenvalue weighted by atomic mass is 32.2. The monoisotopic (exact) mass is 448 g/mol. The number of hydrogen-bond donors (Lipinski definition) is 1. The minimum absolute atomic E-state index is 0.110. The fourth-order valence-electron chi connectivity index (χ4n) is 2.43. The maximum absolute atomic E-state index is 12.1. The van der Waals surface area contributed by atoms with Crippen molar-refractivity contribution in [2.75, 3.05) is 32.6 Å². The van der Waals surface area contributed by atoms with E-state index in [1.54, 1.807) is 24.3 Å². The molecule has 0 atom stereocenters. The summed E-state index contributed by atoms with van der Waals surface area (Å²) in [5.41, 5.74) is 0.698. The standard InChI is InChI=1S/C22H28N2O6S/c1-16(2)13-14-29-19-9-5-17(6-10-19)22(26)30-15-21(25)23-18-7-11-20(12-8-18)31(27,28)24(3)4/h5-12,16H,13-15H2,1-4H3,(H,23,25). The van der Waals surface area contributed by atoms with Gasteiger partial charge in [0.1, 0.15) is 5.75 Å². The van der Waals surface area contributed by atoms with Gasteiger partial charge in [0, 0.05) is 19.8 Å². The van der Waals surface area contributed by atoms with Gasteiger partial charge < -0.3 is 14.8 Å². The van der Waals surface area contributed by atoms with Gasteiger partial charge in [-0.2, -0.15) is 0 Å². The van der Waals surface area contributed by atoms with Crippen molar-refractivity contribution >= 4 is 27.6 Å². The first-order valence-electron chi connectivity index (χ1n) is 9.82. The number of benzene rings is 2. The lowest BCUT2D eigenvalue weighted by atomic mass is 10.1. The highest BCUT2D eigenvalue weighted by molar-refractivity contribution is 7.89. The van der Waals surface area contributed by atoms with E-state index in [1.807, 2.05) is 0 Å². The molecule has 8 nitrogen and oxygen atoms in total. The zero-order chi connectivity index (χ0) is 23.0. The number of nitrogens with zero attached hydrogens (tertiary/aromatic N) is 1. The second-order valence-electron chi connectivity index (χ2n) is 7.49. The number of amides is 1. The molecule has 2 aromatic carbocycles.